The van der Waals surface area contributed by atoms with Gasteiger partial charge >= 0.3 is 0 Å². The molecule has 1 aliphatic rings. The number of hydrogen-bond donors (Lipinski definition) is 4. The van der Waals surface area contributed by atoms with E-state index in [0.717, 1.165) is 48.2 Å². The number of fused-ring (bicyclic) bond motifs is 1. The van der Waals surface area contributed by atoms with Crippen molar-refractivity contribution >= 4 is 28.6 Å². The summed E-state index contributed by atoms with van der Waals surface area (Å²) >= 11 is 0. The van der Waals surface area contributed by atoms with Crippen molar-refractivity contribution in [2.75, 3.05) is 23.5 Å². The molecule has 0 bridgehead atoms. The third-order valence-corrected chi connectivity index (χ3v) is 6.56. The maximum Gasteiger partial charge on any atom is 0.227 e. The fourth-order valence-corrected chi connectivity index (χ4v) is 4.52. The average Bonchev–Trinajstić information content (AvgIpc) is 3.28. The average molecular weight is 473 g/mol. The van der Waals surface area contributed by atoms with Gasteiger partial charge in [-0.25, -0.2) is 4.98 Å². The van der Waals surface area contributed by atoms with Gasteiger partial charge in [0.25, 0.3) is 0 Å². The van der Waals surface area contributed by atoms with Crippen LogP contribution in [0.4, 0.5) is 17.5 Å². The molecule has 0 radical (unpaired) electrons. The van der Waals surface area contributed by atoms with Crippen LogP contribution in [0.5, 0.6) is 5.75 Å². The zero-order valence-corrected chi connectivity index (χ0v) is 19.9. The van der Waals surface area contributed by atoms with E-state index in [1.807, 2.05) is 42.7 Å². The lowest BCUT2D eigenvalue weighted by Gasteiger charge is -2.26. The molecular formula is C26H32N8O. The zero-order valence-electron chi connectivity index (χ0n) is 19.9. The summed E-state index contributed by atoms with van der Waals surface area (Å²) in [5, 5.41) is 6.97. The molecule has 2 aromatic carbocycles. The summed E-state index contributed by atoms with van der Waals surface area (Å²) in [4.78, 5) is 14.3. The second-order valence-corrected chi connectivity index (χ2v) is 9.10. The number of aromatic nitrogens is 4. The molecule has 182 valence electrons. The number of nitrogen functional groups attached to an aromatic ring is 1. The van der Waals surface area contributed by atoms with Crippen LogP contribution in [0.3, 0.4) is 0 Å². The van der Waals surface area contributed by atoms with Gasteiger partial charge in [-0.1, -0.05) is 30.3 Å². The monoisotopic (exact) mass is 472 g/mol. The lowest BCUT2D eigenvalue weighted by molar-refractivity contribution is 0.410. The number of nitrogens with one attached hydrogen (secondary N) is 2. The maximum absolute atomic E-state index is 6.21. The fourth-order valence-electron chi connectivity index (χ4n) is 4.52. The van der Waals surface area contributed by atoms with E-state index in [2.05, 4.69) is 32.3 Å². The van der Waals surface area contributed by atoms with Gasteiger partial charge in [0.15, 0.2) is 17.0 Å². The third-order valence-electron chi connectivity index (χ3n) is 6.56. The van der Waals surface area contributed by atoms with Crippen LogP contribution in [0.2, 0.25) is 0 Å². The molecule has 2 heterocycles. The van der Waals surface area contributed by atoms with Crippen molar-refractivity contribution in [1.82, 2.24) is 19.5 Å². The number of hydrogen-bond acceptors (Lipinski definition) is 8. The van der Waals surface area contributed by atoms with E-state index >= 15 is 0 Å². The Balaban J connectivity index is 1.46. The van der Waals surface area contributed by atoms with Crippen molar-refractivity contribution in [3.63, 3.8) is 0 Å². The number of anilines is 3. The Labute approximate surface area is 204 Å². The second-order valence-electron chi connectivity index (χ2n) is 9.10. The van der Waals surface area contributed by atoms with Crippen LogP contribution >= 0.6 is 0 Å². The van der Waals surface area contributed by atoms with Crippen LogP contribution in [0.1, 0.15) is 36.8 Å². The first kappa shape index (κ1) is 22.9. The molecule has 35 heavy (non-hydrogen) atoms. The summed E-state index contributed by atoms with van der Waals surface area (Å²) < 4.78 is 7.41. The van der Waals surface area contributed by atoms with Crippen molar-refractivity contribution in [1.29, 1.82) is 0 Å². The molecule has 4 aromatic rings. The Bertz CT molecular complexity index is 1280. The highest BCUT2D eigenvalue weighted by Crippen LogP contribution is 2.26. The molecule has 0 aliphatic heterocycles. The summed E-state index contributed by atoms with van der Waals surface area (Å²) in [5.74, 6) is 2.02. The number of ether oxygens (including phenoxy) is 1. The SMILES string of the molecule is COc1ccc(N)c(CNc2nc(NC3CCC(N)CC3)nc3c2ncn3Cc2ccccc2)c1. The quantitative estimate of drug-likeness (QED) is 0.285. The van der Waals surface area contributed by atoms with Crippen LogP contribution in [0, 0.1) is 0 Å². The minimum atomic E-state index is 0.286. The highest BCUT2D eigenvalue weighted by atomic mass is 16.5. The van der Waals surface area contributed by atoms with E-state index in [0.29, 0.717) is 36.6 Å². The molecule has 0 spiro atoms. The van der Waals surface area contributed by atoms with Crippen molar-refractivity contribution in [2.45, 2.75) is 50.9 Å². The molecule has 0 unspecified atom stereocenters. The van der Waals surface area contributed by atoms with E-state index < -0.39 is 0 Å². The molecule has 5 rings (SSSR count). The van der Waals surface area contributed by atoms with Crippen molar-refractivity contribution < 1.29 is 4.74 Å². The largest absolute Gasteiger partial charge is 0.497 e. The first-order chi connectivity index (χ1) is 17.1. The van der Waals surface area contributed by atoms with Gasteiger partial charge in [-0.3, -0.25) is 0 Å². The smallest absolute Gasteiger partial charge is 0.227 e. The maximum atomic E-state index is 6.21. The van der Waals surface area contributed by atoms with Crippen LogP contribution < -0.4 is 26.8 Å². The molecule has 0 saturated heterocycles. The summed E-state index contributed by atoms with van der Waals surface area (Å²) in [6, 6.07) is 16.5. The Morgan fingerprint density at radius 1 is 1.06 bits per heavy atom. The van der Waals surface area contributed by atoms with Gasteiger partial charge in [-0.15, -0.1) is 0 Å². The summed E-state index contributed by atoms with van der Waals surface area (Å²) in [6.45, 7) is 1.16. The predicted molar refractivity (Wildman–Crippen MR) is 139 cm³/mol. The lowest BCUT2D eigenvalue weighted by atomic mass is 9.92. The van der Waals surface area contributed by atoms with E-state index in [1.54, 1.807) is 7.11 Å². The second kappa shape index (κ2) is 10.2. The Hall–Kier alpha value is -3.85. The molecule has 1 saturated carbocycles. The summed E-state index contributed by atoms with van der Waals surface area (Å²) in [6.07, 6.45) is 5.85. The van der Waals surface area contributed by atoms with E-state index in [4.69, 9.17) is 26.2 Å². The molecular weight excluding hydrogens is 440 g/mol. The van der Waals surface area contributed by atoms with Crippen molar-refractivity contribution in [2.24, 2.45) is 5.73 Å². The van der Waals surface area contributed by atoms with E-state index in [1.165, 1.54) is 5.56 Å². The number of nitrogens with two attached hydrogens (primary N) is 2. The molecule has 1 fully saturated rings. The van der Waals surface area contributed by atoms with Crippen molar-refractivity contribution in [3.8, 4) is 5.75 Å². The van der Waals surface area contributed by atoms with Gasteiger partial charge < -0.3 is 31.4 Å². The highest BCUT2D eigenvalue weighted by molar-refractivity contribution is 5.84. The van der Waals surface area contributed by atoms with E-state index in [9.17, 15) is 0 Å². The summed E-state index contributed by atoms with van der Waals surface area (Å²) in [5.41, 5.74) is 16.6. The minimum absolute atomic E-state index is 0.286. The number of methoxy groups -OCH3 is 1. The van der Waals surface area contributed by atoms with Gasteiger partial charge in [-0.05, 0) is 55.0 Å². The van der Waals surface area contributed by atoms with Crippen LogP contribution in [-0.4, -0.2) is 38.7 Å². The fraction of sp³-hybridized carbons (Fsp3) is 0.346. The van der Waals surface area contributed by atoms with Gasteiger partial charge in [0.05, 0.1) is 20.0 Å². The molecule has 0 atom stereocenters. The molecule has 9 nitrogen and oxygen atoms in total. The third kappa shape index (κ3) is 5.30. The number of rotatable bonds is 8. The standard InChI is InChI=1S/C26H32N8O/c1-35-21-11-12-22(28)18(13-21)14-29-24-23-25(34(16-30-23)15-17-5-3-2-4-6-17)33-26(32-24)31-20-9-7-19(27)8-10-20/h2-6,11-13,16,19-20H,7-10,14-15,27-28H2,1H3,(H2,29,31,32,33). The highest BCUT2D eigenvalue weighted by Gasteiger charge is 2.21. The number of imidazole rings is 1. The van der Waals surface area contributed by atoms with Crippen LogP contribution in [0.25, 0.3) is 11.2 Å². The lowest BCUT2D eigenvalue weighted by Crippen LogP contribution is -2.33. The van der Waals surface area contributed by atoms with Crippen molar-refractivity contribution in [3.05, 3.63) is 66.0 Å². The molecule has 9 heteroatoms. The van der Waals surface area contributed by atoms with Crippen LogP contribution in [-0.2, 0) is 13.1 Å². The van der Waals surface area contributed by atoms with Gasteiger partial charge in [0.2, 0.25) is 5.95 Å². The van der Waals surface area contributed by atoms with Gasteiger partial charge in [0, 0.05) is 24.3 Å². The predicted octanol–water partition coefficient (Wildman–Crippen LogP) is 3.76. The van der Waals surface area contributed by atoms with E-state index in [-0.39, 0.29) is 6.04 Å². The number of nitrogens with zero attached hydrogens (tertiary/aromatic N) is 4. The zero-order chi connectivity index (χ0) is 24.2. The molecule has 1 aliphatic carbocycles. The van der Waals surface area contributed by atoms with Crippen LogP contribution in [0.15, 0.2) is 54.9 Å². The van der Waals surface area contributed by atoms with Gasteiger partial charge in [-0.2, -0.15) is 9.97 Å². The van der Waals surface area contributed by atoms with Gasteiger partial charge in [0.1, 0.15) is 5.75 Å². The first-order valence-corrected chi connectivity index (χ1v) is 12.0. The minimum Gasteiger partial charge on any atom is -0.497 e. The molecule has 2 aromatic heterocycles. The molecule has 6 N–H and O–H groups in total. The Kier molecular flexibility index (Phi) is 6.67. The normalized spacial score (nSPS) is 17.9. The first-order valence-electron chi connectivity index (χ1n) is 12.0. The topological polar surface area (TPSA) is 129 Å². The summed E-state index contributed by atoms with van der Waals surface area (Å²) in [7, 11) is 1.64. The Morgan fingerprint density at radius 3 is 2.63 bits per heavy atom. The Morgan fingerprint density at radius 2 is 1.86 bits per heavy atom. The number of benzene rings is 2. The molecule has 0 amide bonds.